The molecule has 0 atom stereocenters. The fourth-order valence-electron chi connectivity index (χ4n) is 4.26. The van der Waals surface area contributed by atoms with Gasteiger partial charge in [0.1, 0.15) is 5.82 Å². The molecule has 1 saturated heterocycles. The number of ether oxygens (including phenoxy) is 1. The van der Waals surface area contributed by atoms with Gasteiger partial charge in [-0.1, -0.05) is 19.1 Å². The van der Waals surface area contributed by atoms with Crippen LogP contribution < -0.4 is 5.32 Å². The average Bonchev–Trinajstić information content (AvgIpc) is 3.20. The SMILES string of the molecule is CCCn1c(CCC(=O)Nc2ccccc2C(C)=O)nc2cc(S(=O)(=O)N3CCOCC3)ccc21. The molecule has 1 aliphatic heterocycles. The number of carbonyl (C=O) groups excluding carboxylic acids is 2. The highest BCUT2D eigenvalue weighted by Crippen LogP contribution is 2.25. The molecule has 0 unspecified atom stereocenters. The zero-order valence-electron chi connectivity index (χ0n) is 20.0. The Morgan fingerprint density at radius 1 is 1.11 bits per heavy atom. The predicted octanol–water partition coefficient (Wildman–Crippen LogP) is 3.24. The minimum atomic E-state index is -3.63. The first-order valence-corrected chi connectivity index (χ1v) is 13.2. The first-order valence-electron chi connectivity index (χ1n) is 11.8. The summed E-state index contributed by atoms with van der Waals surface area (Å²) in [5.74, 6) is 0.385. The van der Waals surface area contributed by atoms with Crippen LogP contribution >= 0.6 is 0 Å². The topological polar surface area (TPSA) is 111 Å². The fraction of sp³-hybridized carbons (Fsp3) is 0.400. The van der Waals surface area contributed by atoms with E-state index >= 15 is 0 Å². The molecule has 1 aromatic heterocycles. The number of Topliss-reactive ketones (excluding diaryl/α,β-unsaturated/α-hetero) is 1. The number of amides is 1. The van der Waals surface area contributed by atoms with Gasteiger partial charge in [0, 0.05) is 38.0 Å². The summed E-state index contributed by atoms with van der Waals surface area (Å²) in [7, 11) is -3.63. The molecule has 1 aliphatic rings. The van der Waals surface area contributed by atoms with Crippen LogP contribution in [0.25, 0.3) is 11.0 Å². The monoisotopic (exact) mass is 498 g/mol. The summed E-state index contributed by atoms with van der Waals surface area (Å²) < 4.78 is 34.9. The molecule has 1 N–H and O–H groups in total. The lowest BCUT2D eigenvalue weighted by molar-refractivity contribution is -0.116. The van der Waals surface area contributed by atoms with Crippen LogP contribution in [0.15, 0.2) is 47.4 Å². The van der Waals surface area contributed by atoms with E-state index in [0.29, 0.717) is 56.0 Å². The number of hydrogen-bond acceptors (Lipinski definition) is 6. The van der Waals surface area contributed by atoms with Gasteiger partial charge in [0.15, 0.2) is 5.78 Å². The first kappa shape index (κ1) is 25.0. The molecular formula is C25H30N4O5S. The summed E-state index contributed by atoms with van der Waals surface area (Å²) >= 11 is 0. The number of anilines is 1. The number of sulfonamides is 1. The van der Waals surface area contributed by atoms with Gasteiger partial charge in [-0.15, -0.1) is 0 Å². The number of hydrogen-bond donors (Lipinski definition) is 1. The molecule has 0 radical (unpaired) electrons. The van der Waals surface area contributed by atoms with Crippen molar-refractivity contribution >= 4 is 38.4 Å². The largest absolute Gasteiger partial charge is 0.379 e. The van der Waals surface area contributed by atoms with Crippen molar-refractivity contribution in [1.82, 2.24) is 13.9 Å². The molecule has 0 saturated carbocycles. The van der Waals surface area contributed by atoms with E-state index in [1.54, 1.807) is 42.5 Å². The highest BCUT2D eigenvalue weighted by atomic mass is 32.2. The minimum Gasteiger partial charge on any atom is -0.379 e. The molecule has 9 nitrogen and oxygen atoms in total. The molecule has 3 aromatic rings. The van der Waals surface area contributed by atoms with E-state index < -0.39 is 10.0 Å². The van der Waals surface area contributed by atoms with Crippen LogP contribution in [0.2, 0.25) is 0 Å². The molecule has 0 spiro atoms. The van der Waals surface area contributed by atoms with Gasteiger partial charge in [0.25, 0.3) is 0 Å². The lowest BCUT2D eigenvalue weighted by Crippen LogP contribution is -2.40. The van der Waals surface area contributed by atoms with Gasteiger partial charge < -0.3 is 14.6 Å². The smallest absolute Gasteiger partial charge is 0.243 e. The Labute approximate surface area is 205 Å². The maximum atomic E-state index is 13.1. The highest BCUT2D eigenvalue weighted by molar-refractivity contribution is 7.89. The minimum absolute atomic E-state index is 0.117. The molecule has 1 amide bonds. The molecule has 35 heavy (non-hydrogen) atoms. The number of carbonyl (C=O) groups is 2. The van der Waals surface area contributed by atoms with E-state index in [4.69, 9.17) is 9.72 Å². The summed E-state index contributed by atoms with van der Waals surface area (Å²) in [4.78, 5) is 29.4. The van der Waals surface area contributed by atoms with Gasteiger partial charge in [-0.3, -0.25) is 9.59 Å². The molecule has 1 fully saturated rings. The second-order valence-electron chi connectivity index (χ2n) is 8.50. The highest BCUT2D eigenvalue weighted by Gasteiger charge is 2.27. The van der Waals surface area contributed by atoms with Gasteiger partial charge in [0.2, 0.25) is 15.9 Å². The van der Waals surface area contributed by atoms with Crippen LogP contribution in [0.5, 0.6) is 0 Å². The number of para-hydroxylation sites is 1. The second-order valence-corrected chi connectivity index (χ2v) is 10.4. The van der Waals surface area contributed by atoms with Crippen LogP contribution in [0.1, 0.15) is 42.9 Å². The number of rotatable bonds is 9. The molecule has 0 bridgehead atoms. The number of nitrogens with zero attached hydrogens (tertiary/aromatic N) is 3. The van der Waals surface area contributed by atoms with Gasteiger partial charge in [-0.05, 0) is 43.7 Å². The molecule has 2 aromatic carbocycles. The molecule has 10 heteroatoms. The molecule has 4 rings (SSSR count). The summed E-state index contributed by atoms with van der Waals surface area (Å²) in [6.45, 7) is 5.65. The number of aryl methyl sites for hydroxylation is 2. The number of fused-ring (bicyclic) bond motifs is 1. The van der Waals surface area contributed by atoms with Crippen molar-refractivity contribution in [3.63, 3.8) is 0 Å². The molecule has 0 aliphatic carbocycles. The van der Waals surface area contributed by atoms with Crippen molar-refractivity contribution in [2.75, 3.05) is 31.6 Å². The number of ketones is 1. The van der Waals surface area contributed by atoms with Gasteiger partial charge >= 0.3 is 0 Å². The van der Waals surface area contributed by atoms with Gasteiger partial charge in [0.05, 0.1) is 34.8 Å². The van der Waals surface area contributed by atoms with Crippen molar-refractivity contribution in [2.24, 2.45) is 0 Å². The van der Waals surface area contributed by atoms with Crippen LogP contribution in [-0.4, -0.2) is 60.3 Å². The van der Waals surface area contributed by atoms with Crippen LogP contribution in [0.3, 0.4) is 0 Å². The Kier molecular flexibility index (Phi) is 7.63. The predicted molar refractivity (Wildman–Crippen MR) is 133 cm³/mol. The van der Waals surface area contributed by atoms with Crippen molar-refractivity contribution in [3.8, 4) is 0 Å². The van der Waals surface area contributed by atoms with E-state index in [2.05, 4.69) is 12.2 Å². The van der Waals surface area contributed by atoms with Crippen molar-refractivity contribution in [1.29, 1.82) is 0 Å². The van der Waals surface area contributed by atoms with E-state index in [0.717, 1.165) is 17.8 Å². The van der Waals surface area contributed by atoms with E-state index in [1.807, 2.05) is 4.57 Å². The van der Waals surface area contributed by atoms with Crippen LogP contribution in [0, 0.1) is 0 Å². The normalized spacial score (nSPS) is 14.8. The van der Waals surface area contributed by atoms with Crippen LogP contribution in [-0.2, 0) is 32.5 Å². The third-order valence-corrected chi connectivity index (χ3v) is 7.90. The van der Waals surface area contributed by atoms with Crippen molar-refractivity contribution in [3.05, 3.63) is 53.9 Å². The number of nitrogens with one attached hydrogen (secondary N) is 1. The molecule has 186 valence electrons. The lowest BCUT2D eigenvalue weighted by Gasteiger charge is -2.26. The number of benzene rings is 2. The first-order chi connectivity index (χ1) is 16.8. The van der Waals surface area contributed by atoms with Crippen molar-refractivity contribution < 1.29 is 22.7 Å². The van der Waals surface area contributed by atoms with Crippen molar-refractivity contribution in [2.45, 2.75) is 44.6 Å². The van der Waals surface area contributed by atoms with E-state index in [1.165, 1.54) is 11.2 Å². The zero-order valence-corrected chi connectivity index (χ0v) is 20.8. The standard InChI is InChI=1S/C25H30N4O5S/c1-3-12-29-23-9-8-19(35(32,33)28-13-15-34-16-14-28)17-22(23)26-24(29)10-11-25(31)27-21-7-5-4-6-20(21)18(2)30/h4-9,17H,3,10-16H2,1-2H3,(H,27,31). The van der Waals surface area contributed by atoms with Gasteiger partial charge in [-0.2, -0.15) is 4.31 Å². The molecule has 2 heterocycles. The Bertz CT molecular complexity index is 1340. The number of morpholine rings is 1. The fourth-order valence-corrected chi connectivity index (χ4v) is 5.69. The summed E-state index contributed by atoms with van der Waals surface area (Å²) in [6.07, 6.45) is 1.43. The van der Waals surface area contributed by atoms with Gasteiger partial charge in [-0.25, -0.2) is 13.4 Å². The summed E-state index contributed by atoms with van der Waals surface area (Å²) in [6, 6.07) is 11.9. The Balaban J connectivity index is 1.55. The quantitative estimate of drug-likeness (QED) is 0.454. The molecular weight excluding hydrogens is 468 g/mol. The average molecular weight is 499 g/mol. The zero-order chi connectivity index (χ0) is 25.0. The summed E-state index contributed by atoms with van der Waals surface area (Å²) in [5, 5.41) is 2.82. The third kappa shape index (κ3) is 5.44. The second kappa shape index (κ2) is 10.7. The Hall–Kier alpha value is -3.08. The Morgan fingerprint density at radius 3 is 2.57 bits per heavy atom. The maximum absolute atomic E-state index is 13.1. The number of aromatic nitrogens is 2. The Morgan fingerprint density at radius 2 is 1.86 bits per heavy atom. The maximum Gasteiger partial charge on any atom is 0.243 e. The van der Waals surface area contributed by atoms with E-state index in [-0.39, 0.29) is 23.0 Å². The number of imidazole rings is 1. The lowest BCUT2D eigenvalue weighted by atomic mass is 10.1. The van der Waals surface area contributed by atoms with Crippen LogP contribution in [0.4, 0.5) is 5.69 Å². The van der Waals surface area contributed by atoms with E-state index in [9.17, 15) is 18.0 Å². The third-order valence-electron chi connectivity index (χ3n) is 6.01. The summed E-state index contributed by atoms with van der Waals surface area (Å²) in [5.41, 5.74) is 2.38.